The molecule has 2 saturated heterocycles. The molecule has 10 nitrogen and oxygen atoms in total. The van der Waals surface area contributed by atoms with Gasteiger partial charge in [-0.05, 0) is 47.4 Å². The maximum Gasteiger partial charge on any atom is 0.302 e. The molecule has 0 aliphatic carbocycles. The molecule has 4 aromatic rings. The third-order valence-corrected chi connectivity index (χ3v) is 10.8. The van der Waals surface area contributed by atoms with Crippen molar-refractivity contribution < 1.29 is 48.5 Å². The second-order valence-corrected chi connectivity index (χ2v) is 14.9. The SMILES string of the molecule is CC(=O)O[C@H](CCC[C@]12O[C@H](COCc3ccccc3)[C@](O)(COCc3ccccc3)[C@](COCc3ccccc3)(O1)[C@H](O)[C@H]2O)[C@H](C)Cc1ccccc1. The Balaban J connectivity index is 1.27. The standard InChI is InChI=1S/C45H54O10/c1-33(26-35-16-7-3-8-17-35)39(53-34(2)46)24-15-25-45-42(48)41(47)44(55-45,32-52-29-38-22-13-6-14-23-38)43(49,31-51-28-37-20-11-5-12-21-37)40(54-45)30-50-27-36-18-9-4-10-19-36/h3-14,16-23,33,39-42,47-49H,15,24-32H2,1-2H3/t33-,39-,40-,41-,42-,43-,44-,45+/m1/s1. The summed E-state index contributed by atoms with van der Waals surface area (Å²) in [5, 5.41) is 36.9. The number of aliphatic hydroxyl groups is 3. The van der Waals surface area contributed by atoms with Gasteiger partial charge in [-0.1, -0.05) is 128 Å². The molecule has 0 saturated carbocycles. The average Bonchev–Trinajstić information content (AvgIpc) is 3.38. The first kappa shape index (κ1) is 40.7. The van der Waals surface area contributed by atoms with Gasteiger partial charge in [-0.2, -0.15) is 0 Å². The first-order chi connectivity index (χ1) is 26.6. The van der Waals surface area contributed by atoms with Crippen LogP contribution in [-0.4, -0.2) is 82.5 Å². The normalized spacial score (nSPS) is 27.0. The van der Waals surface area contributed by atoms with Crippen LogP contribution in [0.25, 0.3) is 0 Å². The Kier molecular flexibility index (Phi) is 13.9. The Bertz CT molecular complexity index is 1740. The smallest absolute Gasteiger partial charge is 0.302 e. The van der Waals surface area contributed by atoms with Crippen molar-refractivity contribution in [2.24, 2.45) is 5.92 Å². The molecule has 2 bridgehead atoms. The van der Waals surface area contributed by atoms with E-state index in [0.717, 1.165) is 22.3 Å². The highest BCUT2D eigenvalue weighted by Crippen LogP contribution is 2.54. The molecule has 6 rings (SSSR count). The second-order valence-electron chi connectivity index (χ2n) is 14.9. The number of carbonyl (C=O) groups is 1. The summed E-state index contributed by atoms with van der Waals surface area (Å²) in [5.74, 6) is -2.13. The number of rotatable bonds is 20. The fraction of sp³-hybridized carbons (Fsp3) is 0.444. The van der Waals surface area contributed by atoms with Crippen LogP contribution in [0.1, 0.15) is 55.4 Å². The number of fused-ring (bicyclic) bond motifs is 2. The van der Waals surface area contributed by atoms with Gasteiger partial charge in [0.05, 0.1) is 39.6 Å². The summed E-state index contributed by atoms with van der Waals surface area (Å²) in [6.07, 6.45) is -3.06. The zero-order valence-electron chi connectivity index (χ0n) is 31.7. The van der Waals surface area contributed by atoms with Crippen molar-refractivity contribution in [1.29, 1.82) is 0 Å². The number of aliphatic hydroxyl groups excluding tert-OH is 2. The van der Waals surface area contributed by atoms with E-state index in [1.165, 1.54) is 6.92 Å². The summed E-state index contributed by atoms with van der Waals surface area (Å²) in [6, 6.07) is 38.8. The van der Waals surface area contributed by atoms with Crippen LogP contribution in [0.5, 0.6) is 0 Å². The van der Waals surface area contributed by atoms with Crippen LogP contribution >= 0.6 is 0 Å². The Labute approximate surface area is 323 Å². The molecule has 0 radical (unpaired) electrons. The van der Waals surface area contributed by atoms with Crippen LogP contribution < -0.4 is 0 Å². The molecular weight excluding hydrogens is 700 g/mol. The fourth-order valence-corrected chi connectivity index (χ4v) is 7.85. The first-order valence-corrected chi connectivity index (χ1v) is 19.2. The molecular formula is C45H54O10. The van der Waals surface area contributed by atoms with E-state index >= 15 is 0 Å². The molecule has 2 heterocycles. The van der Waals surface area contributed by atoms with Gasteiger partial charge in [0.25, 0.3) is 0 Å². The zero-order valence-corrected chi connectivity index (χ0v) is 31.7. The van der Waals surface area contributed by atoms with Crippen LogP contribution in [0.2, 0.25) is 0 Å². The minimum absolute atomic E-state index is 0.00690. The highest BCUT2D eigenvalue weighted by molar-refractivity contribution is 5.66. The number of carbonyl (C=O) groups excluding carboxylic acids is 1. The van der Waals surface area contributed by atoms with Gasteiger partial charge < -0.3 is 43.7 Å². The number of hydrogen-bond donors (Lipinski definition) is 3. The fourth-order valence-electron chi connectivity index (χ4n) is 7.85. The molecule has 0 aromatic heterocycles. The van der Waals surface area contributed by atoms with Crippen LogP contribution in [-0.2, 0) is 59.5 Å². The largest absolute Gasteiger partial charge is 0.462 e. The predicted molar refractivity (Wildman–Crippen MR) is 205 cm³/mol. The van der Waals surface area contributed by atoms with Crippen molar-refractivity contribution in [1.82, 2.24) is 0 Å². The summed E-state index contributed by atoms with van der Waals surface area (Å²) in [4.78, 5) is 12.2. The minimum Gasteiger partial charge on any atom is -0.462 e. The summed E-state index contributed by atoms with van der Waals surface area (Å²) in [7, 11) is 0. The van der Waals surface area contributed by atoms with Crippen molar-refractivity contribution in [2.45, 2.75) is 101 Å². The summed E-state index contributed by atoms with van der Waals surface area (Å²) < 4.78 is 37.8. The first-order valence-electron chi connectivity index (χ1n) is 19.2. The topological polar surface area (TPSA) is 133 Å². The lowest BCUT2D eigenvalue weighted by atomic mass is 9.75. The Hall–Kier alpha value is -3.97. The van der Waals surface area contributed by atoms with Gasteiger partial charge in [0.2, 0.25) is 0 Å². The molecule has 294 valence electrons. The summed E-state index contributed by atoms with van der Waals surface area (Å²) >= 11 is 0. The van der Waals surface area contributed by atoms with Crippen LogP contribution in [0.3, 0.4) is 0 Å². The predicted octanol–water partition coefficient (Wildman–Crippen LogP) is 5.93. The molecule has 3 N–H and O–H groups in total. The molecule has 2 aliphatic rings. The van der Waals surface area contributed by atoms with Crippen LogP contribution in [0.4, 0.5) is 0 Å². The molecule has 0 unspecified atom stereocenters. The van der Waals surface area contributed by atoms with E-state index in [4.69, 9.17) is 28.4 Å². The second kappa shape index (κ2) is 18.8. The van der Waals surface area contributed by atoms with Gasteiger partial charge in [-0.3, -0.25) is 4.79 Å². The van der Waals surface area contributed by atoms with Crippen molar-refractivity contribution in [3.05, 3.63) is 144 Å². The Morgan fingerprint density at radius 3 is 1.73 bits per heavy atom. The molecule has 10 heteroatoms. The molecule has 8 atom stereocenters. The monoisotopic (exact) mass is 754 g/mol. The van der Waals surface area contributed by atoms with E-state index in [0.29, 0.717) is 19.3 Å². The van der Waals surface area contributed by atoms with E-state index in [-0.39, 0.29) is 57.9 Å². The lowest BCUT2D eigenvalue weighted by molar-refractivity contribution is -0.409. The molecule has 0 amide bonds. The van der Waals surface area contributed by atoms with E-state index in [1.807, 2.05) is 128 Å². The molecule has 4 aromatic carbocycles. The number of esters is 1. The molecule has 2 fully saturated rings. The maximum atomic E-state index is 12.9. The van der Waals surface area contributed by atoms with Crippen molar-refractivity contribution in [2.75, 3.05) is 19.8 Å². The quantitative estimate of drug-likeness (QED) is 0.0933. The number of benzene rings is 4. The van der Waals surface area contributed by atoms with Gasteiger partial charge in [0.15, 0.2) is 17.0 Å². The highest BCUT2D eigenvalue weighted by Gasteiger charge is 2.77. The van der Waals surface area contributed by atoms with Gasteiger partial charge in [0.1, 0.15) is 24.4 Å². The molecule has 0 spiro atoms. The Morgan fingerprint density at radius 1 is 0.709 bits per heavy atom. The minimum atomic E-state index is -2.04. The van der Waals surface area contributed by atoms with Gasteiger partial charge >= 0.3 is 5.97 Å². The van der Waals surface area contributed by atoms with Gasteiger partial charge in [-0.25, -0.2) is 0 Å². The average molecular weight is 755 g/mol. The summed E-state index contributed by atoms with van der Waals surface area (Å²) in [6.45, 7) is 3.32. The Morgan fingerprint density at radius 2 is 1.20 bits per heavy atom. The summed E-state index contributed by atoms with van der Waals surface area (Å²) in [5.41, 5.74) is -0.0878. The third-order valence-electron chi connectivity index (χ3n) is 10.8. The van der Waals surface area contributed by atoms with Crippen molar-refractivity contribution >= 4 is 5.97 Å². The van der Waals surface area contributed by atoms with E-state index in [1.54, 1.807) is 0 Å². The number of ether oxygens (including phenoxy) is 6. The highest BCUT2D eigenvalue weighted by atomic mass is 16.8. The van der Waals surface area contributed by atoms with Crippen LogP contribution in [0, 0.1) is 5.92 Å². The maximum absolute atomic E-state index is 12.9. The molecule has 2 aliphatic heterocycles. The molecule has 55 heavy (non-hydrogen) atoms. The lowest BCUT2D eigenvalue weighted by Crippen LogP contribution is -2.74. The van der Waals surface area contributed by atoms with Crippen molar-refractivity contribution in [3.63, 3.8) is 0 Å². The van der Waals surface area contributed by atoms with E-state index in [2.05, 4.69) is 0 Å². The van der Waals surface area contributed by atoms with Gasteiger partial charge in [-0.15, -0.1) is 0 Å². The van der Waals surface area contributed by atoms with Gasteiger partial charge in [0, 0.05) is 13.3 Å². The van der Waals surface area contributed by atoms with E-state index in [9.17, 15) is 20.1 Å². The van der Waals surface area contributed by atoms with E-state index < -0.39 is 41.4 Å². The van der Waals surface area contributed by atoms with Crippen LogP contribution in [0.15, 0.2) is 121 Å². The lowest BCUT2D eigenvalue weighted by Gasteiger charge is -2.54. The number of hydrogen-bond acceptors (Lipinski definition) is 10. The van der Waals surface area contributed by atoms with Crippen molar-refractivity contribution in [3.8, 4) is 0 Å². The third kappa shape index (κ3) is 9.71. The zero-order chi connectivity index (χ0) is 38.7.